The Labute approximate surface area is 184 Å². The van der Waals surface area contributed by atoms with Gasteiger partial charge in [-0.2, -0.15) is 13.2 Å². The number of aromatic nitrogens is 2. The molecule has 0 atom stereocenters. The second-order valence-electron chi connectivity index (χ2n) is 6.55. The number of H-pyrrole nitrogens is 1. The minimum Gasteiger partial charge on any atom is -0.496 e. The van der Waals surface area contributed by atoms with E-state index >= 15 is 0 Å². The first-order chi connectivity index (χ1) is 14.8. The second-order valence-corrected chi connectivity index (χ2v) is 8.07. The van der Waals surface area contributed by atoms with Gasteiger partial charge in [-0.25, -0.2) is 0 Å². The van der Waals surface area contributed by atoms with Gasteiger partial charge in [0.2, 0.25) is 0 Å². The molecule has 0 radical (unpaired) electrons. The van der Waals surface area contributed by atoms with E-state index in [1.807, 2.05) is 0 Å². The fraction of sp³-hybridized carbons (Fsp3) is 0.0909. The van der Waals surface area contributed by atoms with Crippen LogP contribution in [-0.2, 0) is 6.18 Å². The number of pyridine rings is 2. The zero-order chi connectivity index (χ0) is 22.2. The van der Waals surface area contributed by atoms with Gasteiger partial charge < -0.3 is 9.72 Å². The summed E-state index contributed by atoms with van der Waals surface area (Å²) in [6, 6.07) is 11.4. The number of ether oxygens (including phenoxy) is 1. The Bertz CT molecular complexity index is 1320. The van der Waals surface area contributed by atoms with Gasteiger partial charge >= 0.3 is 6.18 Å². The van der Waals surface area contributed by atoms with Crippen molar-refractivity contribution in [1.82, 2.24) is 9.97 Å². The highest BCUT2D eigenvalue weighted by molar-refractivity contribution is 7.99. The standard InChI is InChI=1S/C22H14ClF3N2O2S/c1-30-18-5-3-13(23)11-16(18)19-15-10-12(22(24,25)26)2-4-17(15)28-21(29)20(19)31-14-6-8-27-9-7-14/h2-11H,1H3,(H,28,29). The summed E-state index contributed by atoms with van der Waals surface area (Å²) in [5.74, 6) is 0.380. The molecule has 0 aliphatic heterocycles. The fourth-order valence-electron chi connectivity index (χ4n) is 3.22. The number of aromatic amines is 1. The molecule has 0 aliphatic carbocycles. The normalized spacial score (nSPS) is 11.6. The third-order valence-corrected chi connectivity index (χ3v) is 5.93. The van der Waals surface area contributed by atoms with E-state index in [1.54, 1.807) is 42.7 Å². The van der Waals surface area contributed by atoms with Crippen LogP contribution in [0.1, 0.15) is 5.56 Å². The average Bonchev–Trinajstić information content (AvgIpc) is 2.74. The maximum atomic E-state index is 13.5. The molecule has 4 rings (SSSR count). The molecule has 0 spiro atoms. The second kappa shape index (κ2) is 8.28. The molecule has 2 heterocycles. The lowest BCUT2D eigenvalue weighted by Crippen LogP contribution is -2.12. The molecule has 0 amide bonds. The summed E-state index contributed by atoms with van der Waals surface area (Å²) in [5, 5.41) is 0.586. The fourth-order valence-corrected chi connectivity index (χ4v) is 4.35. The zero-order valence-corrected chi connectivity index (χ0v) is 17.5. The highest BCUT2D eigenvalue weighted by atomic mass is 35.5. The highest BCUT2D eigenvalue weighted by Gasteiger charge is 2.31. The minimum absolute atomic E-state index is 0.221. The van der Waals surface area contributed by atoms with Crippen LogP contribution in [0.5, 0.6) is 5.75 Å². The van der Waals surface area contributed by atoms with E-state index in [1.165, 1.54) is 13.2 Å². The van der Waals surface area contributed by atoms with Crippen molar-refractivity contribution in [2.24, 2.45) is 0 Å². The molecule has 0 saturated carbocycles. The van der Waals surface area contributed by atoms with Gasteiger partial charge in [0.15, 0.2) is 0 Å². The number of halogens is 4. The van der Waals surface area contributed by atoms with Crippen LogP contribution in [0.3, 0.4) is 0 Å². The number of hydrogen-bond acceptors (Lipinski definition) is 4. The van der Waals surface area contributed by atoms with Crippen LogP contribution in [0, 0.1) is 0 Å². The van der Waals surface area contributed by atoms with Crippen molar-refractivity contribution >= 4 is 34.3 Å². The van der Waals surface area contributed by atoms with E-state index in [2.05, 4.69) is 9.97 Å². The van der Waals surface area contributed by atoms with E-state index in [4.69, 9.17) is 16.3 Å². The third-order valence-electron chi connectivity index (χ3n) is 4.60. The number of alkyl halides is 3. The van der Waals surface area contributed by atoms with E-state index in [9.17, 15) is 18.0 Å². The predicted octanol–water partition coefficient (Wildman–Crippen LogP) is 6.42. The summed E-state index contributed by atoms with van der Waals surface area (Å²) >= 11 is 7.32. The summed E-state index contributed by atoms with van der Waals surface area (Å²) in [5.41, 5.74) is -0.262. The third kappa shape index (κ3) is 4.26. The van der Waals surface area contributed by atoms with Crippen LogP contribution in [-0.4, -0.2) is 17.1 Å². The summed E-state index contributed by atoms with van der Waals surface area (Å²) in [4.78, 5) is 20.6. The van der Waals surface area contributed by atoms with Gasteiger partial charge in [-0.15, -0.1) is 0 Å². The van der Waals surface area contributed by atoms with Crippen molar-refractivity contribution in [3.8, 4) is 16.9 Å². The topological polar surface area (TPSA) is 55.0 Å². The molecule has 0 fully saturated rings. The van der Waals surface area contributed by atoms with Gasteiger partial charge in [0, 0.05) is 44.3 Å². The number of nitrogens with zero attached hydrogens (tertiary/aromatic N) is 1. The van der Waals surface area contributed by atoms with Gasteiger partial charge in [-0.3, -0.25) is 9.78 Å². The molecule has 158 valence electrons. The molecule has 2 aromatic carbocycles. The number of fused-ring (bicyclic) bond motifs is 1. The molecule has 2 aromatic heterocycles. The molecular formula is C22H14ClF3N2O2S. The van der Waals surface area contributed by atoms with Gasteiger partial charge in [-0.1, -0.05) is 23.4 Å². The van der Waals surface area contributed by atoms with Crippen LogP contribution >= 0.6 is 23.4 Å². The first-order valence-corrected chi connectivity index (χ1v) is 10.2. The number of benzene rings is 2. The summed E-state index contributed by atoms with van der Waals surface area (Å²) < 4.78 is 45.8. The first-order valence-electron chi connectivity index (χ1n) is 8.97. The summed E-state index contributed by atoms with van der Waals surface area (Å²) in [6.45, 7) is 0. The van der Waals surface area contributed by atoms with Crippen molar-refractivity contribution in [2.75, 3.05) is 7.11 Å². The summed E-state index contributed by atoms with van der Waals surface area (Å²) in [6.07, 6.45) is -1.41. The van der Waals surface area contributed by atoms with E-state index < -0.39 is 17.3 Å². The Morgan fingerprint density at radius 3 is 2.48 bits per heavy atom. The van der Waals surface area contributed by atoms with Crippen LogP contribution < -0.4 is 10.3 Å². The number of hydrogen-bond donors (Lipinski definition) is 1. The van der Waals surface area contributed by atoms with Crippen LogP contribution in [0.15, 0.2) is 75.5 Å². The Morgan fingerprint density at radius 2 is 1.81 bits per heavy atom. The van der Waals surface area contributed by atoms with Gasteiger partial charge in [0.05, 0.1) is 17.6 Å². The van der Waals surface area contributed by atoms with Crippen LogP contribution in [0.2, 0.25) is 5.02 Å². The lowest BCUT2D eigenvalue weighted by Gasteiger charge is -2.17. The Hall–Kier alpha value is -2.97. The van der Waals surface area contributed by atoms with Gasteiger partial charge in [0.25, 0.3) is 5.56 Å². The summed E-state index contributed by atoms with van der Waals surface area (Å²) in [7, 11) is 1.44. The molecule has 0 aliphatic rings. The van der Waals surface area contributed by atoms with Crippen molar-refractivity contribution in [3.05, 3.63) is 81.9 Å². The smallest absolute Gasteiger partial charge is 0.416 e. The SMILES string of the molecule is COc1ccc(Cl)cc1-c1c(Sc2ccncc2)c(=O)[nH]c2ccc(C(F)(F)F)cc12. The van der Waals surface area contributed by atoms with Gasteiger partial charge in [-0.05, 0) is 48.5 Å². The van der Waals surface area contributed by atoms with E-state index in [0.717, 1.165) is 23.9 Å². The molecule has 4 aromatic rings. The molecule has 31 heavy (non-hydrogen) atoms. The maximum Gasteiger partial charge on any atom is 0.416 e. The zero-order valence-electron chi connectivity index (χ0n) is 16.0. The van der Waals surface area contributed by atoms with Gasteiger partial charge in [0.1, 0.15) is 5.75 Å². The van der Waals surface area contributed by atoms with Crippen molar-refractivity contribution in [2.45, 2.75) is 16.0 Å². The quantitative estimate of drug-likeness (QED) is 0.380. The van der Waals surface area contributed by atoms with E-state index in [-0.39, 0.29) is 15.8 Å². The Balaban J connectivity index is 2.11. The lowest BCUT2D eigenvalue weighted by atomic mass is 9.98. The van der Waals surface area contributed by atoms with E-state index in [0.29, 0.717) is 26.8 Å². The van der Waals surface area contributed by atoms with Crippen molar-refractivity contribution in [1.29, 1.82) is 0 Å². The monoisotopic (exact) mass is 462 g/mol. The molecule has 0 saturated heterocycles. The van der Waals surface area contributed by atoms with Crippen molar-refractivity contribution < 1.29 is 17.9 Å². The van der Waals surface area contributed by atoms with Crippen LogP contribution in [0.4, 0.5) is 13.2 Å². The predicted molar refractivity (Wildman–Crippen MR) is 115 cm³/mol. The molecular weight excluding hydrogens is 449 g/mol. The molecule has 0 unspecified atom stereocenters. The molecule has 9 heteroatoms. The Kier molecular flexibility index (Phi) is 5.68. The highest BCUT2D eigenvalue weighted by Crippen LogP contribution is 2.43. The largest absolute Gasteiger partial charge is 0.496 e. The number of methoxy groups -OCH3 is 1. The first kappa shape index (κ1) is 21.3. The molecule has 1 N–H and O–H groups in total. The van der Waals surface area contributed by atoms with Crippen LogP contribution in [0.25, 0.3) is 22.0 Å². The molecule has 4 nitrogen and oxygen atoms in total. The minimum atomic E-state index is -4.54. The number of nitrogens with one attached hydrogen (secondary N) is 1. The number of rotatable bonds is 4. The van der Waals surface area contributed by atoms with Crippen molar-refractivity contribution in [3.63, 3.8) is 0 Å². The lowest BCUT2D eigenvalue weighted by molar-refractivity contribution is -0.137. The average molecular weight is 463 g/mol. The Morgan fingerprint density at radius 1 is 1.06 bits per heavy atom. The molecule has 0 bridgehead atoms. The maximum absolute atomic E-state index is 13.5.